The molecule has 1 fully saturated rings. The summed E-state index contributed by atoms with van der Waals surface area (Å²) in [4.78, 5) is 3.05. The molecule has 1 aliphatic carbocycles. The maximum absolute atomic E-state index is 6.09. The van der Waals surface area contributed by atoms with Crippen LogP contribution in [0.15, 0.2) is 76.8 Å². The predicted octanol–water partition coefficient (Wildman–Crippen LogP) is 4.49. The smallest absolute Gasteiger partial charge is 0.203 e. The van der Waals surface area contributed by atoms with Gasteiger partial charge in [-0.1, -0.05) is 42.5 Å². The first kappa shape index (κ1) is 23.1. The number of hydrogen-bond acceptors (Lipinski definition) is 8. The number of allylic oxidation sites excluding steroid dienone is 1. The van der Waals surface area contributed by atoms with Gasteiger partial charge in [0.1, 0.15) is 5.76 Å². The van der Waals surface area contributed by atoms with E-state index in [1.54, 1.807) is 21.3 Å². The lowest BCUT2D eigenvalue weighted by Gasteiger charge is -2.40. The van der Waals surface area contributed by atoms with Crippen LogP contribution in [-0.2, 0) is 20.8 Å². The molecule has 4 aliphatic rings. The van der Waals surface area contributed by atoms with E-state index in [-0.39, 0.29) is 18.8 Å². The number of fused-ring (bicyclic) bond motifs is 1. The molecule has 0 amide bonds. The maximum Gasteiger partial charge on any atom is 0.203 e. The lowest BCUT2D eigenvalue weighted by molar-refractivity contribution is 0.0681. The number of ether oxygens (including phenoxy) is 6. The molecule has 1 saturated heterocycles. The highest BCUT2D eigenvalue weighted by Gasteiger charge is 2.45. The van der Waals surface area contributed by atoms with Crippen LogP contribution >= 0.6 is 12.2 Å². The summed E-state index contributed by atoms with van der Waals surface area (Å²) in [6.07, 6.45) is 1.71. The van der Waals surface area contributed by atoms with Gasteiger partial charge in [0, 0.05) is 29.8 Å². The van der Waals surface area contributed by atoms with Crippen molar-refractivity contribution < 1.29 is 28.4 Å². The van der Waals surface area contributed by atoms with Gasteiger partial charge in [-0.25, -0.2) is 0 Å². The lowest BCUT2D eigenvalue weighted by atomic mass is 9.76. The van der Waals surface area contributed by atoms with Crippen molar-refractivity contribution in [2.45, 2.75) is 18.6 Å². The predicted molar refractivity (Wildman–Crippen MR) is 137 cm³/mol. The normalized spacial score (nSPS) is 22.6. The van der Waals surface area contributed by atoms with Crippen LogP contribution in [0.4, 0.5) is 0 Å². The van der Waals surface area contributed by atoms with Gasteiger partial charge in [-0.2, -0.15) is 0 Å². The van der Waals surface area contributed by atoms with Gasteiger partial charge in [-0.15, -0.1) is 0 Å². The quantitative estimate of drug-likeness (QED) is 0.533. The Morgan fingerprint density at radius 2 is 1.75 bits per heavy atom. The van der Waals surface area contributed by atoms with Crippen LogP contribution in [0.1, 0.15) is 17.0 Å². The Hall–Kier alpha value is -3.33. The van der Waals surface area contributed by atoms with Crippen LogP contribution in [0.5, 0.6) is 17.2 Å². The second kappa shape index (κ2) is 9.28. The summed E-state index contributed by atoms with van der Waals surface area (Å²) in [5, 5.41) is 0. The zero-order valence-corrected chi connectivity index (χ0v) is 21.2. The van der Waals surface area contributed by atoms with Crippen LogP contribution < -0.4 is 14.2 Å². The fraction of sp³-hybridized carbons (Fsp3) is 0.321. The molecule has 0 bridgehead atoms. The minimum Gasteiger partial charge on any atom is -0.493 e. The van der Waals surface area contributed by atoms with Crippen molar-refractivity contribution in [3.8, 4) is 17.2 Å². The fourth-order valence-electron chi connectivity index (χ4n) is 5.48. The summed E-state index contributed by atoms with van der Waals surface area (Å²) in [6.45, 7) is 1.93. The van der Waals surface area contributed by atoms with Crippen LogP contribution in [-0.4, -0.2) is 57.2 Å². The minimum atomic E-state index is -0.369. The third kappa shape index (κ3) is 3.59. The van der Waals surface area contributed by atoms with E-state index in [2.05, 4.69) is 35.2 Å². The van der Waals surface area contributed by atoms with E-state index < -0.39 is 0 Å². The summed E-state index contributed by atoms with van der Waals surface area (Å²) in [6, 6.07) is 14.4. The van der Waals surface area contributed by atoms with Gasteiger partial charge in [0.25, 0.3) is 0 Å². The zero-order valence-electron chi connectivity index (χ0n) is 20.4. The number of hydrogen-bond donors (Lipinski definition) is 0. The molecule has 8 heteroatoms. The Labute approximate surface area is 215 Å². The molecule has 186 valence electrons. The molecule has 0 spiro atoms. The molecule has 36 heavy (non-hydrogen) atoms. The molecule has 6 rings (SSSR count). The number of benzene rings is 2. The van der Waals surface area contributed by atoms with E-state index >= 15 is 0 Å². The number of rotatable bonds is 6. The van der Waals surface area contributed by atoms with Crippen molar-refractivity contribution >= 4 is 17.1 Å². The minimum absolute atomic E-state index is 0.146. The molecular weight excluding hydrogens is 478 g/mol. The van der Waals surface area contributed by atoms with E-state index in [4.69, 9.17) is 40.6 Å². The first-order chi connectivity index (χ1) is 17.6. The van der Waals surface area contributed by atoms with E-state index in [0.29, 0.717) is 37.0 Å². The van der Waals surface area contributed by atoms with E-state index in [1.165, 1.54) is 11.1 Å². The molecule has 2 aromatic carbocycles. The monoisotopic (exact) mass is 505 g/mol. The summed E-state index contributed by atoms with van der Waals surface area (Å²) < 4.78 is 34.7. The fourth-order valence-corrected chi connectivity index (χ4v) is 5.89. The Bertz CT molecular complexity index is 1290. The summed E-state index contributed by atoms with van der Waals surface area (Å²) >= 11 is 6.09. The standard InChI is InChI=1S/C28H27NO6S/c1-30-21-9-17(10-22(31-2)26(21)32-3)24-18-13-33-14-20(18)29(12-16-7-5-4-6-8-16)19-11-23-27(35-15-34-23)28(36)25(19)24/h4-11,24,27H,12-15H2,1-3H3. The first-order valence-electron chi connectivity index (χ1n) is 11.8. The highest BCUT2D eigenvalue weighted by atomic mass is 32.1. The molecule has 0 saturated carbocycles. The van der Waals surface area contributed by atoms with E-state index in [9.17, 15) is 0 Å². The van der Waals surface area contributed by atoms with Crippen molar-refractivity contribution in [2.24, 2.45) is 0 Å². The van der Waals surface area contributed by atoms with Crippen molar-refractivity contribution in [3.05, 3.63) is 88.0 Å². The van der Waals surface area contributed by atoms with E-state index in [1.807, 2.05) is 18.2 Å². The number of nitrogens with zero attached hydrogens (tertiary/aromatic N) is 1. The first-order valence-corrected chi connectivity index (χ1v) is 12.2. The molecule has 3 aliphatic heterocycles. The molecule has 0 aromatic heterocycles. The summed E-state index contributed by atoms with van der Waals surface area (Å²) in [5.41, 5.74) is 6.56. The van der Waals surface area contributed by atoms with Crippen LogP contribution in [0.3, 0.4) is 0 Å². The average molecular weight is 506 g/mol. The molecule has 2 unspecified atom stereocenters. The van der Waals surface area contributed by atoms with Crippen molar-refractivity contribution in [2.75, 3.05) is 41.3 Å². The molecular formula is C28H27NO6S. The molecule has 7 nitrogen and oxygen atoms in total. The molecule has 2 atom stereocenters. The summed E-state index contributed by atoms with van der Waals surface area (Å²) in [7, 11) is 4.86. The second-order valence-electron chi connectivity index (χ2n) is 8.95. The maximum atomic E-state index is 6.09. The third-order valence-electron chi connectivity index (χ3n) is 7.10. The van der Waals surface area contributed by atoms with Gasteiger partial charge in [0.05, 0.1) is 45.1 Å². The van der Waals surface area contributed by atoms with Crippen molar-refractivity contribution in [1.82, 2.24) is 4.90 Å². The molecule has 0 radical (unpaired) electrons. The second-order valence-corrected chi connectivity index (χ2v) is 9.39. The van der Waals surface area contributed by atoms with Gasteiger partial charge in [-0.05, 0) is 28.8 Å². The van der Waals surface area contributed by atoms with Crippen LogP contribution in [0.2, 0.25) is 0 Å². The number of methoxy groups -OCH3 is 3. The Kier molecular flexibility index (Phi) is 5.95. The van der Waals surface area contributed by atoms with Crippen LogP contribution in [0, 0.1) is 0 Å². The van der Waals surface area contributed by atoms with Gasteiger partial charge in [0.2, 0.25) is 5.75 Å². The highest BCUT2D eigenvalue weighted by molar-refractivity contribution is 7.81. The van der Waals surface area contributed by atoms with Crippen molar-refractivity contribution in [1.29, 1.82) is 0 Å². The summed E-state index contributed by atoms with van der Waals surface area (Å²) in [5.74, 6) is 2.36. The Morgan fingerprint density at radius 1 is 1.00 bits per heavy atom. The van der Waals surface area contributed by atoms with Crippen LogP contribution in [0.25, 0.3) is 0 Å². The topological polar surface area (TPSA) is 58.6 Å². The van der Waals surface area contributed by atoms with Gasteiger partial charge in [-0.3, -0.25) is 0 Å². The Balaban J connectivity index is 1.56. The lowest BCUT2D eigenvalue weighted by Crippen LogP contribution is -2.38. The highest BCUT2D eigenvalue weighted by Crippen LogP contribution is 2.51. The molecule has 3 heterocycles. The van der Waals surface area contributed by atoms with Crippen molar-refractivity contribution in [3.63, 3.8) is 0 Å². The third-order valence-corrected chi connectivity index (χ3v) is 7.54. The Morgan fingerprint density at radius 3 is 2.44 bits per heavy atom. The number of thiocarbonyl (C=S) groups is 1. The van der Waals surface area contributed by atoms with E-state index in [0.717, 1.165) is 33.2 Å². The SMILES string of the molecule is COc1cc(C2C3=C(COC3)N(Cc3ccccc3)C3=C2C(=S)C2OCOC2=C3)cc(OC)c1OC. The van der Waals surface area contributed by atoms with Gasteiger partial charge < -0.3 is 33.3 Å². The molecule has 2 aromatic rings. The molecule has 0 N–H and O–H groups in total. The zero-order chi connectivity index (χ0) is 24.8. The average Bonchev–Trinajstić information content (AvgIpc) is 3.59. The van der Waals surface area contributed by atoms with Gasteiger partial charge >= 0.3 is 0 Å². The largest absolute Gasteiger partial charge is 0.493 e. The van der Waals surface area contributed by atoms with Gasteiger partial charge in [0.15, 0.2) is 24.4 Å².